The van der Waals surface area contributed by atoms with Crippen molar-refractivity contribution in [2.75, 3.05) is 25.1 Å². The lowest BCUT2D eigenvalue weighted by Gasteiger charge is -2.39. The highest BCUT2D eigenvalue weighted by Crippen LogP contribution is 2.28. The van der Waals surface area contributed by atoms with Crippen LogP contribution in [-0.2, 0) is 9.47 Å². The van der Waals surface area contributed by atoms with E-state index in [1.807, 2.05) is 45.0 Å². The number of hydrogen-bond donors (Lipinski definition) is 0. The summed E-state index contributed by atoms with van der Waals surface area (Å²) in [6, 6.07) is 7.67. The van der Waals surface area contributed by atoms with E-state index in [4.69, 9.17) is 9.47 Å². The zero-order valence-corrected chi connectivity index (χ0v) is 14.3. The Morgan fingerprint density at radius 2 is 1.68 bits per heavy atom. The molecule has 0 saturated carbocycles. The molecule has 1 aliphatic heterocycles. The Morgan fingerprint density at radius 1 is 1.14 bits per heavy atom. The number of methoxy groups -OCH3 is 1. The van der Waals surface area contributed by atoms with Crippen LogP contribution in [0.2, 0.25) is 0 Å². The predicted molar refractivity (Wildman–Crippen MR) is 88.5 cm³/mol. The third-order valence-corrected chi connectivity index (χ3v) is 4.18. The summed E-state index contributed by atoms with van der Waals surface area (Å²) in [5.41, 5.74) is 1.27. The Morgan fingerprint density at radius 3 is 2.14 bits per heavy atom. The predicted octanol–water partition coefficient (Wildman–Crippen LogP) is 3.65. The minimum Gasteiger partial charge on any atom is -0.456 e. The van der Waals surface area contributed by atoms with Gasteiger partial charge in [-0.15, -0.1) is 0 Å². The van der Waals surface area contributed by atoms with E-state index in [1.165, 1.54) is 0 Å². The third kappa shape index (κ3) is 4.23. The summed E-state index contributed by atoms with van der Waals surface area (Å²) in [7, 11) is 1.78. The van der Waals surface area contributed by atoms with Crippen LogP contribution in [0.5, 0.6) is 0 Å². The minimum atomic E-state index is -0.465. The third-order valence-electron chi connectivity index (χ3n) is 4.18. The van der Waals surface area contributed by atoms with Crippen molar-refractivity contribution in [2.24, 2.45) is 0 Å². The van der Waals surface area contributed by atoms with Gasteiger partial charge in [0.2, 0.25) is 0 Å². The van der Waals surface area contributed by atoms with Gasteiger partial charge in [-0.2, -0.15) is 0 Å². The molecule has 0 unspecified atom stereocenters. The first-order valence-corrected chi connectivity index (χ1v) is 7.86. The molecule has 0 bridgehead atoms. The first kappa shape index (κ1) is 16.8. The first-order valence-electron chi connectivity index (χ1n) is 7.86. The van der Waals surface area contributed by atoms with Crippen LogP contribution in [0.25, 0.3) is 0 Å². The van der Waals surface area contributed by atoms with Gasteiger partial charge in [-0.1, -0.05) is 0 Å². The maximum absolute atomic E-state index is 12.0. The summed E-state index contributed by atoms with van der Waals surface area (Å²) in [6.45, 7) is 9.72. The Kier molecular flexibility index (Phi) is 4.81. The van der Waals surface area contributed by atoms with Crippen LogP contribution in [0.3, 0.4) is 0 Å². The summed E-state index contributed by atoms with van der Waals surface area (Å²) in [6.07, 6.45) is 2.02. The van der Waals surface area contributed by atoms with Gasteiger partial charge in [-0.3, -0.25) is 0 Å². The number of piperidine rings is 1. The molecule has 2 rings (SSSR count). The molecule has 0 N–H and O–H groups in total. The average molecular weight is 305 g/mol. The van der Waals surface area contributed by atoms with Crippen molar-refractivity contribution in [1.29, 1.82) is 0 Å². The standard InChI is InChI=1S/C18H27NO3/c1-17(2,3)22-16(20)14-6-8-15(9-7-14)19-12-10-18(4,21-5)11-13-19/h6-9H,10-13H2,1-5H3. The van der Waals surface area contributed by atoms with E-state index in [2.05, 4.69) is 11.8 Å². The van der Waals surface area contributed by atoms with Crippen LogP contribution in [0.1, 0.15) is 50.9 Å². The van der Waals surface area contributed by atoms with Gasteiger partial charge in [0.1, 0.15) is 5.60 Å². The van der Waals surface area contributed by atoms with E-state index in [1.54, 1.807) is 7.11 Å². The SMILES string of the molecule is COC1(C)CCN(c2ccc(C(=O)OC(C)(C)C)cc2)CC1. The van der Waals surface area contributed by atoms with Crippen molar-refractivity contribution >= 4 is 11.7 Å². The molecule has 1 aromatic rings. The lowest BCUT2D eigenvalue weighted by Crippen LogP contribution is -2.43. The van der Waals surface area contributed by atoms with Gasteiger partial charge < -0.3 is 14.4 Å². The van der Waals surface area contributed by atoms with Crippen molar-refractivity contribution in [1.82, 2.24) is 0 Å². The van der Waals surface area contributed by atoms with Gasteiger partial charge in [0.25, 0.3) is 0 Å². The Labute approximate surface area is 133 Å². The zero-order chi connectivity index (χ0) is 16.4. The molecule has 0 radical (unpaired) electrons. The van der Waals surface area contributed by atoms with Gasteiger partial charge in [-0.05, 0) is 64.8 Å². The molecule has 22 heavy (non-hydrogen) atoms. The molecule has 1 aromatic carbocycles. The number of rotatable bonds is 3. The Balaban J connectivity index is 2.00. The maximum atomic E-state index is 12.0. The number of carbonyl (C=O) groups excluding carboxylic acids is 1. The largest absolute Gasteiger partial charge is 0.456 e. The molecule has 0 amide bonds. The van der Waals surface area contributed by atoms with Crippen LogP contribution in [-0.4, -0.2) is 37.4 Å². The molecule has 4 heteroatoms. The molecule has 0 atom stereocenters. The average Bonchev–Trinajstić information content (AvgIpc) is 2.46. The Hall–Kier alpha value is -1.55. The topological polar surface area (TPSA) is 38.8 Å². The van der Waals surface area contributed by atoms with Crippen molar-refractivity contribution in [3.63, 3.8) is 0 Å². The van der Waals surface area contributed by atoms with Crippen LogP contribution >= 0.6 is 0 Å². The van der Waals surface area contributed by atoms with E-state index >= 15 is 0 Å². The smallest absolute Gasteiger partial charge is 0.338 e. The molecule has 0 aliphatic carbocycles. The van der Waals surface area contributed by atoms with Crippen molar-refractivity contribution < 1.29 is 14.3 Å². The molecule has 1 saturated heterocycles. The first-order chi connectivity index (χ1) is 10.2. The fraction of sp³-hybridized carbons (Fsp3) is 0.611. The van der Waals surface area contributed by atoms with E-state index in [0.717, 1.165) is 31.6 Å². The number of hydrogen-bond acceptors (Lipinski definition) is 4. The second-order valence-corrected chi connectivity index (χ2v) is 7.19. The summed E-state index contributed by atoms with van der Waals surface area (Å²) in [4.78, 5) is 14.4. The van der Waals surface area contributed by atoms with Crippen molar-refractivity contribution in [3.05, 3.63) is 29.8 Å². The number of ether oxygens (including phenoxy) is 2. The zero-order valence-electron chi connectivity index (χ0n) is 14.3. The second kappa shape index (κ2) is 6.29. The van der Waals surface area contributed by atoms with Crippen molar-refractivity contribution in [3.8, 4) is 0 Å². The van der Waals surface area contributed by atoms with Crippen molar-refractivity contribution in [2.45, 2.75) is 51.7 Å². The van der Waals surface area contributed by atoms with E-state index < -0.39 is 5.60 Å². The monoisotopic (exact) mass is 305 g/mol. The molecule has 1 aliphatic rings. The van der Waals surface area contributed by atoms with Gasteiger partial charge in [0.15, 0.2) is 0 Å². The summed E-state index contributed by atoms with van der Waals surface area (Å²) >= 11 is 0. The quantitative estimate of drug-likeness (QED) is 0.799. The van der Waals surface area contributed by atoms with Crippen LogP contribution in [0.15, 0.2) is 24.3 Å². The Bertz CT molecular complexity index is 508. The minimum absolute atomic E-state index is 0.00699. The van der Waals surface area contributed by atoms with E-state index in [0.29, 0.717) is 5.56 Å². The van der Waals surface area contributed by atoms with Gasteiger partial charge in [-0.25, -0.2) is 4.79 Å². The number of carbonyl (C=O) groups is 1. The maximum Gasteiger partial charge on any atom is 0.338 e. The summed E-state index contributed by atoms with van der Waals surface area (Å²) < 4.78 is 11.0. The number of anilines is 1. The summed E-state index contributed by atoms with van der Waals surface area (Å²) in [5, 5.41) is 0. The highest BCUT2D eigenvalue weighted by atomic mass is 16.6. The highest BCUT2D eigenvalue weighted by Gasteiger charge is 2.29. The normalized spacial score (nSPS) is 18.1. The van der Waals surface area contributed by atoms with Crippen LogP contribution in [0.4, 0.5) is 5.69 Å². The number of nitrogens with zero attached hydrogens (tertiary/aromatic N) is 1. The molecular weight excluding hydrogens is 278 g/mol. The van der Waals surface area contributed by atoms with E-state index in [-0.39, 0.29) is 11.6 Å². The molecule has 0 spiro atoms. The lowest BCUT2D eigenvalue weighted by molar-refractivity contribution is -0.0132. The fourth-order valence-electron chi connectivity index (χ4n) is 2.59. The van der Waals surface area contributed by atoms with Crippen LogP contribution in [0, 0.1) is 0 Å². The van der Waals surface area contributed by atoms with Gasteiger partial charge >= 0.3 is 5.97 Å². The molecular formula is C18H27NO3. The summed E-state index contributed by atoms with van der Waals surface area (Å²) in [5.74, 6) is -0.273. The lowest BCUT2D eigenvalue weighted by atomic mass is 9.93. The van der Waals surface area contributed by atoms with Gasteiger partial charge in [0.05, 0.1) is 11.2 Å². The van der Waals surface area contributed by atoms with E-state index in [9.17, 15) is 4.79 Å². The molecule has 1 heterocycles. The molecule has 0 aromatic heterocycles. The number of benzene rings is 1. The highest BCUT2D eigenvalue weighted by molar-refractivity contribution is 5.90. The number of esters is 1. The molecule has 4 nitrogen and oxygen atoms in total. The van der Waals surface area contributed by atoms with Crippen LogP contribution < -0.4 is 4.90 Å². The van der Waals surface area contributed by atoms with Gasteiger partial charge in [0, 0.05) is 25.9 Å². The molecule has 122 valence electrons. The molecule has 1 fully saturated rings. The fourth-order valence-corrected chi connectivity index (χ4v) is 2.59. The second-order valence-electron chi connectivity index (χ2n) is 7.19.